The van der Waals surface area contributed by atoms with E-state index in [1.807, 2.05) is 20.8 Å². The molecule has 17 heavy (non-hydrogen) atoms. The molecule has 0 bridgehead atoms. The van der Waals surface area contributed by atoms with Gasteiger partial charge in [-0.2, -0.15) is 0 Å². The van der Waals surface area contributed by atoms with Crippen LogP contribution in [0.15, 0.2) is 0 Å². The number of likely N-dealkylation sites (tertiary alicyclic amines) is 1. The van der Waals surface area contributed by atoms with E-state index in [0.29, 0.717) is 19.7 Å². The molecule has 2 unspecified atom stereocenters. The third-order valence-electron chi connectivity index (χ3n) is 3.14. The zero-order valence-electron chi connectivity index (χ0n) is 11.0. The number of amides is 1. The largest absolute Gasteiger partial charge is 0.444 e. The van der Waals surface area contributed by atoms with Gasteiger partial charge in [0.25, 0.3) is 0 Å². The average Bonchev–Trinajstić information content (AvgIpc) is 2.88. The van der Waals surface area contributed by atoms with Crippen molar-refractivity contribution in [3.05, 3.63) is 0 Å². The number of ether oxygens (including phenoxy) is 3. The van der Waals surface area contributed by atoms with Crippen LogP contribution in [0.25, 0.3) is 0 Å². The fourth-order valence-corrected chi connectivity index (χ4v) is 2.22. The van der Waals surface area contributed by atoms with E-state index < -0.39 is 5.60 Å². The van der Waals surface area contributed by atoms with Crippen molar-refractivity contribution in [2.75, 3.05) is 26.8 Å². The monoisotopic (exact) mass is 243 g/mol. The summed E-state index contributed by atoms with van der Waals surface area (Å²) in [6, 6.07) is 0. The number of hydrogen-bond donors (Lipinski definition) is 0. The maximum Gasteiger partial charge on any atom is 0.410 e. The van der Waals surface area contributed by atoms with Crippen molar-refractivity contribution < 1.29 is 19.0 Å². The lowest BCUT2D eigenvalue weighted by Crippen LogP contribution is -2.46. The van der Waals surface area contributed by atoms with Crippen molar-refractivity contribution in [2.24, 2.45) is 0 Å². The van der Waals surface area contributed by atoms with E-state index in [9.17, 15) is 4.79 Å². The average molecular weight is 243 g/mol. The minimum Gasteiger partial charge on any atom is -0.444 e. The maximum atomic E-state index is 11.9. The van der Waals surface area contributed by atoms with Crippen LogP contribution in [0.1, 0.15) is 27.2 Å². The Morgan fingerprint density at radius 1 is 1.53 bits per heavy atom. The number of nitrogens with zero attached hydrogens (tertiary/aromatic N) is 1. The lowest BCUT2D eigenvalue weighted by atomic mass is 9.98. The van der Waals surface area contributed by atoms with Gasteiger partial charge in [0.2, 0.25) is 0 Å². The number of hydrogen-bond acceptors (Lipinski definition) is 4. The molecule has 0 N–H and O–H groups in total. The molecule has 0 spiro atoms. The first-order chi connectivity index (χ1) is 7.86. The number of methoxy groups -OCH3 is 1. The molecule has 2 aliphatic heterocycles. The lowest BCUT2D eigenvalue weighted by Gasteiger charge is -2.30. The van der Waals surface area contributed by atoms with Gasteiger partial charge in [-0.3, -0.25) is 0 Å². The van der Waals surface area contributed by atoms with E-state index in [1.165, 1.54) is 0 Å². The van der Waals surface area contributed by atoms with Gasteiger partial charge in [-0.25, -0.2) is 4.79 Å². The van der Waals surface area contributed by atoms with Gasteiger partial charge in [0.05, 0.1) is 13.2 Å². The van der Waals surface area contributed by atoms with E-state index in [-0.39, 0.29) is 17.8 Å². The third-order valence-corrected chi connectivity index (χ3v) is 3.14. The van der Waals surface area contributed by atoms with Crippen LogP contribution in [0.4, 0.5) is 4.79 Å². The van der Waals surface area contributed by atoms with Crippen molar-refractivity contribution >= 4 is 6.09 Å². The van der Waals surface area contributed by atoms with Crippen LogP contribution in [0.3, 0.4) is 0 Å². The SMILES string of the molecule is COCC12CCN(C(=O)OC(C)(C)C)CC1O2. The minimum atomic E-state index is -0.442. The molecule has 2 saturated heterocycles. The molecule has 2 aliphatic rings. The van der Waals surface area contributed by atoms with Crippen LogP contribution in [-0.2, 0) is 14.2 Å². The molecular weight excluding hydrogens is 222 g/mol. The summed E-state index contributed by atoms with van der Waals surface area (Å²) in [6.07, 6.45) is 0.688. The Morgan fingerprint density at radius 3 is 2.76 bits per heavy atom. The lowest BCUT2D eigenvalue weighted by molar-refractivity contribution is 0.0200. The Balaban J connectivity index is 1.85. The normalized spacial score (nSPS) is 32.0. The van der Waals surface area contributed by atoms with E-state index in [1.54, 1.807) is 12.0 Å². The van der Waals surface area contributed by atoms with Crippen molar-refractivity contribution in [2.45, 2.75) is 44.5 Å². The summed E-state index contributed by atoms with van der Waals surface area (Å²) in [5, 5.41) is 0. The second-order valence-electron chi connectivity index (χ2n) is 5.78. The highest BCUT2D eigenvalue weighted by molar-refractivity contribution is 5.68. The van der Waals surface area contributed by atoms with E-state index in [2.05, 4.69) is 0 Å². The second-order valence-corrected chi connectivity index (χ2v) is 5.78. The van der Waals surface area contributed by atoms with Gasteiger partial charge in [-0.15, -0.1) is 0 Å². The number of rotatable bonds is 2. The summed E-state index contributed by atoms with van der Waals surface area (Å²) in [5.74, 6) is 0. The fraction of sp³-hybridized carbons (Fsp3) is 0.917. The highest BCUT2D eigenvalue weighted by Gasteiger charge is 2.59. The Morgan fingerprint density at radius 2 is 2.24 bits per heavy atom. The molecule has 0 saturated carbocycles. The number of fused-ring (bicyclic) bond motifs is 1. The standard InChI is InChI=1S/C12H21NO4/c1-11(2,3)17-10(14)13-6-5-12(8-15-4)9(7-13)16-12/h9H,5-8H2,1-4H3. The molecule has 98 valence electrons. The molecular formula is C12H21NO4. The van der Waals surface area contributed by atoms with Crippen LogP contribution in [0.5, 0.6) is 0 Å². The number of carbonyl (C=O) groups is 1. The van der Waals surface area contributed by atoms with Crippen LogP contribution in [-0.4, -0.2) is 55.1 Å². The molecule has 0 aromatic carbocycles. The summed E-state index contributed by atoms with van der Waals surface area (Å²) >= 11 is 0. The molecule has 0 aliphatic carbocycles. The van der Waals surface area contributed by atoms with E-state index in [4.69, 9.17) is 14.2 Å². The van der Waals surface area contributed by atoms with Crippen molar-refractivity contribution in [1.82, 2.24) is 4.90 Å². The van der Waals surface area contributed by atoms with Gasteiger partial charge < -0.3 is 19.1 Å². The smallest absolute Gasteiger partial charge is 0.410 e. The molecule has 5 heteroatoms. The first kappa shape index (κ1) is 12.6. The van der Waals surface area contributed by atoms with Gasteiger partial charge in [0.1, 0.15) is 17.3 Å². The molecule has 5 nitrogen and oxygen atoms in total. The Hall–Kier alpha value is -0.810. The summed E-state index contributed by atoms with van der Waals surface area (Å²) < 4.78 is 16.1. The quantitative estimate of drug-likeness (QED) is 0.688. The molecule has 1 amide bonds. The number of epoxide rings is 1. The third kappa shape index (κ3) is 2.72. The molecule has 2 fully saturated rings. The predicted molar refractivity (Wildman–Crippen MR) is 61.9 cm³/mol. The first-order valence-electron chi connectivity index (χ1n) is 6.01. The predicted octanol–water partition coefficient (Wildman–Crippen LogP) is 1.41. The molecule has 0 aromatic heterocycles. The van der Waals surface area contributed by atoms with Crippen molar-refractivity contribution in [3.63, 3.8) is 0 Å². The highest BCUT2D eigenvalue weighted by Crippen LogP contribution is 2.43. The van der Waals surface area contributed by atoms with Gasteiger partial charge in [-0.1, -0.05) is 0 Å². The fourth-order valence-electron chi connectivity index (χ4n) is 2.22. The first-order valence-corrected chi connectivity index (χ1v) is 6.01. The van der Waals surface area contributed by atoms with Crippen LogP contribution in [0.2, 0.25) is 0 Å². The number of carbonyl (C=O) groups excluding carboxylic acids is 1. The second kappa shape index (κ2) is 4.14. The van der Waals surface area contributed by atoms with Gasteiger partial charge in [0, 0.05) is 13.7 Å². The Labute approximate surface area is 102 Å². The Kier molecular flexibility index (Phi) is 3.08. The van der Waals surface area contributed by atoms with Crippen molar-refractivity contribution in [1.29, 1.82) is 0 Å². The van der Waals surface area contributed by atoms with Crippen LogP contribution >= 0.6 is 0 Å². The zero-order valence-corrected chi connectivity index (χ0v) is 11.0. The summed E-state index contributed by atoms with van der Waals surface area (Å²) in [5.41, 5.74) is -0.574. The zero-order chi connectivity index (χ0) is 12.7. The van der Waals surface area contributed by atoms with E-state index in [0.717, 1.165) is 6.42 Å². The Bertz CT molecular complexity index is 312. The highest BCUT2D eigenvalue weighted by atomic mass is 16.6. The van der Waals surface area contributed by atoms with Gasteiger partial charge in [0.15, 0.2) is 0 Å². The summed E-state index contributed by atoms with van der Waals surface area (Å²) in [6.45, 7) is 7.51. The molecule has 2 atom stereocenters. The van der Waals surface area contributed by atoms with Gasteiger partial charge >= 0.3 is 6.09 Å². The summed E-state index contributed by atoms with van der Waals surface area (Å²) in [4.78, 5) is 13.6. The molecule has 2 rings (SSSR count). The van der Waals surface area contributed by atoms with Gasteiger partial charge in [-0.05, 0) is 27.2 Å². The molecule has 0 aromatic rings. The molecule has 2 heterocycles. The van der Waals surface area contributed by atoms with Crippen molar-refractivity contribution in [3.8, 4) is 0 Å². The number of piperidine rings is 1. The van der Waals surface area contributed by atoms with Crippen LogP contribution in [0, 0.1) is 0 Å². The van der Waals surface area contributed by atoms with E-state index >= 15 is 0 Å². The minimum absolute atomic E-state index is 0.115. The van der Waals surface area contributed by atoms with Crippen LogP contribution < -0.4 is 0 Å². The summed E-state index contributed by atoms with van der Waals surface area (Å²) in [7, 11) is 1.67. The molecule has 0 radical (unpaired) electrons. The maximum absolute atomic E-state index is 11.9. The topological polar surface area (TPSA) is 51.3 Å².